The summed E-state index contributed by atoms with van der Waals surface area (Å²) >= 11 is 0. The number of carbonyl (C=O) groups is 2. The average Bonchev–Trinajstić information content (AvgIpc) is 2.91. The van der Waals surface area contributed by atoms with Gasteiger partial charge in [-0.15, -0.1) is 0 Å². The van der Waals surface area contributed by atoms with Crippen molar-refractivity contribution in [2.45, 2.75) is 31.7 Å². The molecule has 0 aromatic heterocycles. The van der Waals surface area contributed by atoms with Gasteiger partial charge in [-0.25, -0.2) is 9.18 Å². The maximum absolute atomic E-state index is 12.9. The number of esters is 1. The third kappa shape index (κ3) is 2.28. The number of carbonyl (C=O) groups excluding carboxylic acids is 2. The zero-order valence-corrected chi connectivity index (χ0v) is 11.7. The minimum absolute atomic E-state index is 0.255. The first kappa shape index (κ1) is 14.5. The topological polar surface area (TPSA) is 46.6 Å². The van der Waals surface area contributed by atoms with Crippen LogP contribution >= 0.6 is 0 Å². The highest BCUT2D eigenvalue weighted by molar-refractivity contribution is 5.98. The van der Waals surface area contributed by atoms with Crippen molar-refractivity contribution in [2.24, 2.45) is 0 Å². The Kier molecular flexibility index (Phi) is 4.06. The van der Waals surface area contributed by atoms with Crippen molar-refractivity contribution in [2.75, 3.05) is 13.7 Å². The van der Waals surface area contributed by atoms with Gasteiger partial charge in [0.15, 0.2) is 0 Å². The molecule has 1 fully saturated rings. The number of hydrogen-bond donors (Lipinski definition) is 0. The van der Waals surface area contributed by atoms with E-state index in [2.05, 4.69) is 0 Å². The summed E-state index contributed by atoms with van der Waals surface area (Å²) in [7, 11) is 1.33. The third-order valence-electron chi connectivity index (χ3n) is 3.98. The zero-order chi connectivity index (χ0) is 14.8. The van der Waals surface area contributed by atoms with Gasteiger partial charge in [0, 0.05) is 12.1 Å². The smallest absolute Gasteiger partial charge is 0.331 e. The van der Waals surface area contributed by atoms with E-state index in [-0.39, 0.29) is 11.9 Å². The first-order valence-corrected chi connectivity index (χ1v) is 6.71. The van der Waals surface area contributed by atoms with E-state index < -0.39 is 11.4 Å². The van der Waals surface area contributed by atoms with Gasteiger partial charge in [-0.1, -0.05) is 6.92 Å². The lowest BCUT2D eigenvalue weighted by molar-refractivity contribution is -0.152. The Balaban J connectivity index is 2.32. The molecule has 0 N–H and O–H groups in total. The second-order valence-corrected chi connectivity index (χ2v) is 4.94. The van der Waals surface area contributed by atoms with E-state index in [1.807, 2.05) is 6.92 Å². The number of methoxy groups -OCH3 is 1. The van der Waals surface area contributed by atoms with Gasteiger partial charge in [-0.3, -0.25) is 4.79 Å². The summed E-state index contributed by atoms with van der Waals surface area (Å²) in [5.41, 5.74) is -0.504. The third-order valence-corrected chi connectivity index (χ3v) is 3.98. The van der Waals surface area contributed by atoms with Crippen LogP contribution in [0, 0.1) is 5.82 Å². The van der Waals surface area contributed by atoms with Crippen LogP contribution < -0.4 is 0 Å². The van der Waals surface area contributed by atoms with Crippen LogP contribution in [-0.4, -0.2) is 36.0 Å². The minimum Gasteiger partial charge on any atom is -0.467 e. The van der Waals surface area contributed by atoms with Gasteiger partial charge >= 0.3 is 5.97 Å². The van der Waals surface area contributed by atoms with Crippen molar-refractivity contribution in [1.82, 2.24) is 4.90 Å². The van der Waals surface area contributed by atoms with E-state index in [1.165, 1.54) is 31.4 Å². The quantitative estimate of drug-likeness (QED) is 0.798. The molecule has 1 amide bonds. The Morgan fingerprint density at radius 3 is 2.55 bits per heavy atom. The van der Waals surface area contributed by atoms with Gasteiger partial charge in [0.1, 0.15) is 11.4 Å². The van der Waals surface area contributed by atoms with Crippen molar-refractivity contribution >= 4 is 11.9 Å². The molecular weight excluding hydrogens is 261 g/mol. The Morgan fingerprint density at radius 2 is 2.00 bits per heavy atom. The predicted octanol–water partition coefficient (Wildman–Crippen LogP) is 2.38. The molecule has 1 atom stereocenters. The Labute approximate surface area is 117 Å². The summed E-state index contributed by atoms with van der Waals surface area (Å²) in [4.78, 5) is 26.2. The van der Waals surface area contributed by atoms with Crippen molar-refractivity contribution in [3.8, 4) is 0 Å². The fraction of sp³-hybridized carbons (Fsp3) is 0.467. The lowest BCUT2D eigenvalue weighted by atomic mass is 9.92. The number of benzene rings is 1. The lowest BCUT2D eigenvalue weighted by Crippen LogP contribution is -2.53. The summed E-state index contributed by atoms with van der Waals surface area (Å²) in [5, 5.41) is 0. The molecule has 1 aliphatic heterocycles. The molecule has 5 heteroatoms. The summed E-state index contributed by atoms with van der Waals surface area (Å²) in [5.74, 6) is -1.03. The highest BCUT2D eigenvalue weighted by atomic mass is 19.1. The molecule has 0 saturated carbocycles. The molecule has 0 radical (unpaired) electrons. The van der Waals surface area contributed by atoms with Crippen LogP contribution in [0.25, 0.3) is 0 Å². The molecule has 20 heavy (non-hydrogen) atoms. The summed E-state index contributed by atoms with van der Waals surface area (Å²) in [6.45, 7) is 2.38. The Bertz CT molecular complexity index is 514. The monoisotopic (exact) mass is 279 g/mol. The van der Waals surface area contributed by atoms with E-state index in [4.69, 9.17) is 4.74 Å². The molecule has 0 spiro atoms. The molecule has 0 aliphatic carbocycles. The van der Waals surface area contributed by atoms with Gasteiger partial charge in [0.25, 0.3) is 5.91 Å². The fourth-order valence-corrected chi connectivity index (χ4v) is 2.84. The first-order valence-electron chi connectivity index (χ1n) is 6.71. The summed E-state index contributed by atoms with van der Waals surface area (Å²) < 4.78 is 17.8. The number of halogens is 1. The summed E-state index contributed by atoms with van der Waals surface area (Å²) in [6.07, 6.45) is 1.87. The van der Waals surface area contributed by atoms with Crippen LogP contribution in [0.4, 0.5) is 4.39 Å². The second kappa shape index (κ2) is 5.61. The summed E-state index contributed by atoms with van der Waals surface area (Å²) in [6, 6.07) is 5.37. The first-order chi connectivity index (χ1) is 9.55. The van der Waals surface area contributed by atoms with Crippen molar-refractivity contribution in [1.29, 1.82) is 0 Å². The van der Waals surface area contributed by atoms with Crippen LogP contribution in [0.5, 0.6) is 0 Å². The van der Waals surface area contributed by atoms with Gasteiger partial charge in [0.2, 0.25) is 0 Å². The number of rotatable bonds is 3. The predicted molar refractivity (Wildman–Crippen MR) is 71.7 cm³/mol. The zero-order valence-electron chi connectivity index (χ0n) is 11.7. The van der Waals surface area contributed by atoms with Crippen molar-refractivity contribution in [3.05, 3.63) is 35.6 Å². The number of ether oxygens (including phenoxy) is 1. The molecule has 1 heterocycles. The number of amides is 1. The van der Waals surface area contributed by atoms with E-state index in [0.29, 0.717) is 24.9 Å². The van der Waals surface area contributed by atoms with Crippen molar-refractivity contribution < 1.29 is 18.7 Å². The van der Waals surface area contributed by atoms with E-state index >= 15 is 0 Å². The molecule has 0 bridgehead atoms. The SMILES string of the molecule is CCC1(C(=O)OC)CCCN1C(=O)c1ccc(F)cc1. The molecule has 1 aliphatic rings. The van der Waals surface area contributed by atoms with Gasteiger partial charge in [-0.05, 0) is 43.5 Å². The molecule has 1 saturated heterocycles. The van der Waals surface area contributed by atoms with E-state index in [0.717, 1.165) is 6.42 Å². The van der Waals surface area contributed by atoms with Crippen LogP contribution in [0.15, 0.2) is 24.3 Å². The molecule has 1 aromatic rings. The van der Waals surface area contributed by atoms with Crippen LogP contribution in [0.2, 0.25) is 0 Å². The van der Waals surface area contributed by atoms with Crippen molar-refractivity contribution in [3.63, 3.8) is 0 Å². The molecular formula is C15H18FNO3. The number of nitrogens with zero attached hydrogens (tertiary/aromatic N) is 1. The highest BCUT2D eigenvalue weighted by Gasteiger charge is 2.49. The van der Waals surface area contributed by atoms with E-state index in [1.54, 1.807) is 4.90 Å². The molecule has 2 rings (SSSR count). The highest BCUT2D eigenvalue weighted by Crippen LogP contribution is 2.34. The number of likely N-dealkylation sites (tertiary alicyclic amines) is 1. The van der Waals surface area contributed by atoms with Crippen LogP contribution in [-0.2, 0) is 9.53 Å². The Morgan fingerprint density at radius 1 is 1.35 bits per heavy atom. The van der Waals surface area contributed by atoms with E-state index in [9.17, 15) is 14.0 Å². The normalized spacial score (nSPS) is 21.9. The average molecular weight is 279 g/mol. The second-order valence-electron chi connectivity index (χ2n) is 4.94. The standard InChI is InChI=1S/C15H18FNO3/c1-3-15(14(19)20-2)9-4-10-17(15)13(18)11-5-7-12(16)8-6-11/h5-8H,3-4,9-10H2,1-2H3. The fourth-order valence-electron chi connectivity index (χ4n) is 2.84. The maximum Gasteiger partial charge on any atom is 0.331 e. The largest absolute Gasteiger partial charge is 0.467 e. The minimum atomic E-state index is -0.889. The number of hydrogen-bond acceptors (Lipinski definition) is 3. The maximum atomic E-state index is 12.9. The van der Waals surface area contributed by atoms with Crippen LogP contribution in [0.3, 0.4) is 0 Å². The van der Waals surface area contributed by atoms with Crippen LogP contribution in [0.1, 0.15) is 36.5 Å². The molecule has 4 nitrogen and oxygen atoms in total. The van der Waals surface area contributed by atoms with Gasteiger partial charge in [0.05, 0.1) is 7.11 Å². The Hall–Kier alpha value is -1.91. The molecule has 108 valence electrons. The molecule has 1 aromatic carbocycles. The van der Waals surface area contributed by atoms with Gasteiger partial charge < -0.3 is 9.64 Å². The lowest BCUT2D eigenvalue weighted by Gasteiger charge is -2.35. The molecule has 1 unspecified atom stereocenters. The van der Waals surface area contributed by atoms with Gasteiger partial charge in [-0.2, -0.15) is 0 Å².